The molecule has 0 aliphatic carbocycles. The summed E-state index contributed by atoms with van der Waals surface area (Å²) < 4.78 is 18.2. The van der Waals surface area contributed by atoms with Crippen molar-refractivity contribution >= 4 is 5.91 Å². The molecule has 1 heterocycles. The Morgan fingerprint density at radius 3 is 3.12 bits per heavy atom. The lowest BCUT2D eigenvalue weighted by Crippen LogP contribution is -2.35. The molecular weight excluding hydrogens is 221 g/mol. The average molecular weight is 237 g/mol. The fraction of sp³-hybridized carbons (Fsp3) is 0.462. The third-order valence-electron chi connectivity index (χ3n) is 2.82. The Bertz CT molecular complexity index is 389. The first-order valence-corrected chi connectivity index (χ1v) is 5.89. The molecule has 1 atom stereocenters. The van der Waals surface area contributed by atoms with Gasteiger partial charge in [-0.15, -0.1) is 0 Å². The highest BCUT2D eigenvalue weighted by Crippen LogP contribution is 2.11. The van der Waals surface area contributed by atoms with Crippen LogP contribution < -0.4 is 5.32 Å². The molecule has 1 amide bonds. The zero-order valence-corrected chi connectivity index (χ0v) is 9.62. The quantitative estimate of drug-likeness (QED) is 0.865. The lowest BCUT2D eigenvalue weighted by Gasteiger charge is -2.10. The highest BCUT2D eigenvalue weighted by Gasteiger charge is 2.22. The smallest absolute Gasteiger partial charge is 0.249 e. The molecule has 0 unspecified atom stereocenters. The maximum atomic E-state index is 12.9. The molecule has 2 rings (SSSR count). The Hall–Kier alpha value is -1.42. The fourth-order valence-corrected chi connectivity index (χ4v) is 1.92. The highest BCUT2D eigenvalue weighted by molar-refractivity contribution is 5.80. The summed E-state index contributed by atoms with van der Waals surface area (Å²) in [5.41, 5.74) is 0.887. The average Bonchev–Trinajstić information content (AvgIpc) is 2.82. The number of halogens is 1. The Labute approximate surface area is 100.0 Å². The van der Waals surface area contributed by atoms with Crippen LogP contribution in [0.25, 0.3) is 0 Å². The molecular formula is C13H16FNO2. The summed E-state index contributed by atoms with van der Waals surface area (Å²) in [7, 11) is 0. The molecule has 0 saturated carbocycles. The SMILES string of the molecule is O=C(NCCc1cccc(F)c1)[C@H]1CCCO1. The van der Waals surface area contributed by atoms with Gasteiger partial charge in [-0.25, -0.2) is 4.39 Å². The van der Waals surface area contributed by atoms with Gasteiger partial charge in [0.1, 0.15) is 11.9 Å². The minimum Gasteiger partial charge on any atom is -0.368 e. The molecule has 1 saturated heterocycles. The van der Waals surface area contributed by atoms with Gasteiger partial charge in [-0.05, 0) is 37.0 Å². The van der Waals surface area contributed by atoms with E-state index in [0.29, 0.717) is 19.6 Å². The largest absolute Gasteiger partial charge is 0.368 e. The summed E-state index contributed by atoms with van der Waals surface area (Å²) in [6.45, 7) is 1.18. The van der Waals surface area contributed by atoms with Crippen molar-refractivity contribution in [2.24, 2.45) is 0 Å². The number of benzene rings is 1. The van der Waals surface area contributed by atoms with Crippen molar-refractivity contribution in [2.45, 2.75) is 25.4 Å². The maximum Gasteiger partial charge on any atom is 0.249 e. The summed E-state index contributed by atoms with van der Waals surface area (Å²) >= 11 is 0. The van der Waals surface area contributed by atoms with Crippen molar-refractivity contribution in [1.29, 1.82) is 0 Å². The monoisotopic (exact) mass is 237 g/mol. The van der Waals surface area contributed by atoms with Gasteiger partial charge in [0.15, 0.2) is 0 Å². The van der Waals surface area contributed by atoms with E-state index in [2.05, 4.69) is 5.32 Å². The van der Waals surface area contributed by atoms with Gasteiger partial charge in [0.25, 0.3) is 0 Å². The molecule has 1 aliphatic heterocycles. The Kier molecular flexibility index (Phi) is 4.09. The topological polar surface area (TPSA) is 38.3 Å². The third-order valence-corrected chi connectivity index (χ3v) is 2.82. The van der Waals surface area contributed by atoms with Crippen molar-refractivity contribution in [3.63, 3.8) is 0 Å². The van der Waals surface area contributed by atoms with Gasteiger partial charge in [-0.1, -0.05) is 12.1 Å². The van der Waals surface area contributed by atoms with Gasteiger partial charge in [0, 0.05) is 13.2 Å². The predicted molar refractivity (Wildman–Crippen MR) is 62.1 cm³/mol. The first-order chi connectivity index (χ1) is 8.25. The summed E-state index contributed by atoms with van der Waals surface area (Å²) in [6, 6.07) is 6.42. The van der Waals surface area contributed by atoms with E-state index in [4.69, 9.17) is 4.74 Å². The van der Waals surface area contributed by atoms with Gasteiger partial charge < -0.3 is 10.1 Å². The summed E-state index contributed by atoms with van der Waals surface area (Å²) in [4.78, 5) is 11.6. The summed E-state index contributed by atoms with van der Waals surface area (Å²) in [5, 5.41) is 2.81. The number of amides is 1. The molecule has 92 valence electrons. The second-order valence-corrected chi connectivity index (χ2v) is 4.17. The summed E-state index contributed by atoms with van der Waals surface area (Å²) in [5.74, 6) is -0.299. The second kappa shape index (κ2) is 5.77. The number of nitrogens with one attached hydrogen (secondary N) is 1. The molecule has 1 N–H and O–H groups in total. The van der Waals surface area contributed by atoms with Crippen molar-refractivity contribution in [1.82, 2.24) is 5.32 Å². The molecule has 0 bridgehead atoms. The van der Waals surface area contributed by atoms with E-state index in [0.717, 1.165) is 18.4 Å². The van der Waals surface area contributed by atoms with Crippen molar-refractivity contribution in [3.05, 3.63) is 35.6 Å². The van der Waals surface area contributed by atoms with Crippen LogP contribution in [-0.4, -0.2) is 25.2 Å². The van der Waals surface area contributed by atoms with Gasteiger partial charge in [-0.3, -0.25) is 4.79 Å². The number of carbonyl (C=O) groups excluding carboxylic acids is 1. The highest BCUT2D eigenvalue weighted by atomic mass is 19.1. The normalized spacial score (nSPS) is 19.2. The van der Waals surface area contributed by atoms with E-state index in [1.54, 1.807) is 6.07 Å². The van der Waals surface area contributed by atoms with Crippen LogP contribution in [0.5, 0.6) is 0 Å². The third kappa shape index (κ3) is 3.53. The zero-order valence-electron chi connectivity index (χ0n) is 9.62. The van der Waals surface area contributed by atoms with Crippen molar-refractivity contribution in [2.75, 3.05) is 13.2 Å². The lowest BCUT2D eigenvalue weighted by molar-refractivity contribution is -0.129. The molecule has 1 aromatic rings. The van der Waals surface area contributed by atoms with E-state index in [1.165, 1.54) is 12.1 Å². The molecule has 17 heavy (non-hydrogen) atoms. The van der Waals surface area contributed by atoms with Crippen molar-refractivity contribution in [3.8, 4) is 0 Å². The number of hydrogen-bond acceptors (Lipinski definition) is 2. The minimum atomic E-state index is -0.289. The maximum absolute atomic E-state index is 12.9. The fourth-order valence-electron chi connectivity index (χ4n) is 1.92. The second-order valence-electron chi connectivity index (χ2n) is 4.17. The van der Waals surface area contributed by atoms with Gasteiger partial charge >= 0.3 is 0 Å². The Morgan fingerprint density at radius 2 is 2.41 bits per heavy atom. The van der Waals surface area contributed by atoms with Crippen LogP contribution in [0.3, 0.4) is 0 Å². The number of hydrogen-bond donors (Lipinski definition) is 1. The zero-order chi connectivity index (χ0) is 12.1. The van der Waals surface area contributed by atoms with Crippen LogP contribution in [0, 0.1) is 5.82 Å². The minimum absolute atomic E-state index is 0.0566. The molecule has 0 aromatic heterocycles. The number of carbonyl (C=O) groups is 1. The van der Waals surface area contributed by atoms with Crippen LogP contribution in [0.15, 0.2) is 24.3 Å². The van der Waals surface area contributed by atoms with E-state index in [9.17, 15) is 9.18 Å². The standard InChI is InChI=1S/C13H16FNO2/c14-11-4-1-3-10(9-11)6-7-15-13(16)12-5-2-8-17-12/h1,3-4,9,12H,2,5-8H2,(H,15,16)/t12-/m1/s1. The summed E-state index contributed by atoms with van der Waals surface area (Å²) in [6.07, 6.45) is 2.09. The molecule has 1 fully saturated rings. The predicted octanol–water partition coefficient (Wildman–Crippen LogP) is 1.66. The van der Waals surface area contributed by atoms with Crippen LogP contribution in [0.4, 0.5) is 4.39 Å². The molecule has 1 aliphatic rings. The van der Waals surface area contributed by atoms with Crippen LogP contribution >= 0.6 is 0 Å². The molecule has 1 aromatic carbocycles. The first kappa shape index (κ1) is 12.0. The van der Waals surface area contributed by atoms with Crippen LogP contribution in [-0.2, 0) is 16.0 Å². The molecule has 3 nitrogen and oxygen atoms in total. The molecule has 4 heteroatoms. The van der Waals surface area contributed by atoms with E-state index in [1.807, 2.05) is 6.07 Å². The van der Waals surface area contributed by atoms with Crippen molar-refractivity contribution < 1.29 is 13.9 Å². The molecule has 0 spiro atoms. The van der Waals surface area contributed by atoms with Gasteiger partial charge in [0.2, 0.25) is 5.91 Å². The van der Waals surface area contributed by atoms with E-state index < -0.39 is 0 Å². The first-order valence-electron chi connectivity index (χ1n) is 5.89. The Balaban J connectivity index is 1.73. The number of ether oxygens (including phenoxy) is 1. The van der Waals surface area contributed by atoms with E-state index >= 15 is 0 Å². The van der Waals surface area contributed by atoms with Crippen LogP contribution in [0.2, 0.25) is 0 Å². The van der Waals surface area contributed by atoms with Gasteiger partial charge in [-0.2, -0.15) is 0 Å². The molecule has 0 radical (unpaired) electrons. The van der Waals surface area contributed by atoms with Crippen LogP contribution in [0.1, 0.15) is 18.4 Å². The number of rotatable bonds is 4. The Morgan fingerprint density at radius 1 is 1.53 bits per heavy atom. The lowest BCUT2D eigenvalue weighted by atomic mass is 10.1. The van der Waals surface area contributed by atoms with E-state index in [-0.39, 0.29) is 17.8 Å². The van der Waals surface area contributed by atoms with Gasteiger partial charge in [0.05, 0.1) is 0 Å².